The zero-order valence-corrected chi connectivity index (χ0v) is 14.9. The molecule has 1 aromatic rings. The molecule has 0 aliphatic carbocycles. The molecule has 0 amide bonds. The third-order valence-corrected chi connectivity index (χ3v) is 4.45. The lowest BCUT2D eigenvalue weighted by Crippen LogP contribution is -2.19. The molecule has 114 valence electrons. The van der Waals surface area contributed by atoms with Crippen LogP contribution in [0.3, 0.4) is 0 Å². The highest BCUT2D eigenvalue weighted by Crippen LogP contribution is 2.26. The minimum Gasteiger partial charge on any atom is -0.381 e. The van der Waals surface area contributed by atoms with E-state index in [4.69, 9.17) is 0 Å². The minimum absolute atomic E-state index is 0.618. The topological polar surface area (TPSA) is 12.0 Å². The lowest BCUT2D eigenvalue weighted by molar-refractivity contribution is 0.526. The van der Waals surface area contributed by atoms with Crippen molar-refractivity contribution >= 4 is 21.6 Å². The van der Waals surface area contributed by atoms with Crippen LogP contribution in [-0.2, 0) is 0 Å². The van der Waals surface area contributed by atoms with Crippen molar-refractivity contribution in [3.05, 3.63) is 28.2 Å². The van der Waals surface area contributed by atoms with Crippen LogP contribution >= 0.6 is 15.9 Å². The summed E-state index contributed by atoms with van der Waals surface area (Å²) in [6, 6.07) is 7.19. The second-order valence-corrected chi connectivity index (χ2v) is 6.67. The molecule has 0 aliphatic rings. The molecule has 0 saturated heterocycles. The molecule has 0 fully saturated rings. The Morgan fingerprint density at radius 1 is 1.00 bits per heavy atom. The normalized spacial score (nSPS) is 11.1. The van der Waals surface area contributed by atoms with Gasteiger partial charge in [-0.15, -0.1) is 0 Å². The van der Waals surface area contributed by atoms with E-state index in [0.29, 0.717) is 6.04 Å². The molecule has 1 rings (SSSR count). The number of nitrogens with one attached hydrogen (secondary N) is 1. The Labute approximate surface area is 133 Å². The first-order valence-corrected chi connectivity index (χ1v) is 8.99. The molecule has 0 saturated carbocycles. The van der Waals surface area contributed by atoms with E-state index >= 15 is 0 Å². The smallest absolute Gasteiger partial charge is 0.0486 e. The fourth-order valence-electron chi connectivity index (χ4n) is 2.53. The summed E-state index contributed by atoms with van der Waals surface area (Å²) in [5, 5.41) is 3.75. The summed E-state index contributed by atoms with van der Waals surface area (Å²) in [4.78, 5) is 0. The summed E-state index contributed by atoms with van der Waals surface area (Å²) >= 11 is 3.68. The number of aryl methyl sites for hydroxylation is 1. The standard InChI is InChI=1S/C18H30BrN/c1-4-6-8-10-16(11-9-7-5-2)20-18-13-12-15(3)14-17(18)19/h12-14,16,20H,4-11H2,1-3H3. The highest BCUT2D eigenvalue weighted by Gasteiger charge is 2.10. The van der Waals surface area contributed by atoms with Gasteiger partial charge >= 0.3 is 0 Å². The number of halogens is 1. The number of hydrogen-bond donors (Lipinski definition) is 1. The summed E-state index contributed by atoms with van der Waals surface area (Å²) in [5.41, 5.74) is 2.55. The SMILES string of the molecule is CCCCCC(CCCCC)Nc1ccc(C)cc1Br. The monoisotopic (exact) mass is 339 g/mol. The molecule has 20 heavy (non-hydrogen) atoms. The molecule has 0 aromatic heterocycles. The van der Waals surface area contributed by atoms with Crippen molar-refractivity contribution in [1.29, 1.82) is 0 Å². The molecule has 1 nitrogen and oxygen atoms in total. The average Bonchev–Trinajstić information content (AvgIpc) is 2.42. The van der Waals surface area contributed by atoms with E-state index in [9.17, 15) is 0 Å². The van der Waals surface area contributed by atoms with Crippen molar-refractivity contribution in [1.82, 2.24) is 0 Å². The van der Waals surface area contributed by atoms with Crippen molar-refractivity contribution in [3.63, 3.8) is 0 Å². The second-order valence-electron chi connectivity index (χ2n) is 5.82. The maximum absolute atomic E-state index is 3.75. The Hall–Kier alpha value is -0.500. The Balaban J connectivity index is 2.56. The fraction of sp³-hybridized carbons (Fsp3) is 0.667. The fourth-order valence-corrected chi connectivity index (χ4v) is 3.13. The van der Waals surface area contributed by atoms with Crippen LogP contribution in [0.1, 0.15) is 70.8 Å². The summed E-state index contributed by atoms with van der Waals surface area (Å²) < 4.78 is 1.19. The van der Waals surface area contributed by atoms with E-state index in [1.54, 1.807) is 0 Å². The zero-order chi connectivity index (χ0) is 14.8. The van der Waals surface area contributed by atoms with Crippen LogP contribution in [0.25, 0.3) is 0 Å². The molecule has 1 aromatic carbocycles. The predicted molar refractivity (Wildman–Crippen MR) is 94.6 cm³/mol. The van der Waals surface area contributed by atoms with Gasteiger partial charge < -0.3 is 5.32 Å². The molecule has 0 unspecified atom stereocenters. The molecule has 2 heteroatoms. The zero-order valence-electron chi connectivity index (χ0n) is 13.3. The molecule has 0 atom stereocenters. The first-order chi connectivity index (χ1) is 9.67. The Kier molecular flexibility index (Phi) is 9.00. The average molecular weight is 340 g/mol. The molecular formula is C18H30BrN. The number of hydrogen-bond acceptors (Lipinski definition) is 1. The maximum Gasteiger partial charge on any atom is 0.0486 e. The van der Waals surface area contributed by atoms with Gasteiger partial charge in [-0.05, 0) is 53.4 Å². The number of anilines is 1. The van der Waals surface area contributed by atoms with Crippen LogP contribution in [0.4, 0.5) is 5.69 Å². The van der Waals surface area contributed by atoms with Crippen molar-refractivity contribution < 1.29 is 0 Å². The van der Waals surface area contributed by atoms with Crippen LogP contribution in [0, 0.1) is 6.92 Å². The van der Waals surface area contributed by atoms with E-state index in [-0.39, 0.29) is 0 Å². The third-order valence-electron chi connectivity index (χ3n) is 3.80. The van der Waals surface area contributed by atoms with Gasteiger partial charge in [0.05, 0.1) is 0 Å². The summed E-state index contributed by atoms with van der Waals surface area (Å²) in [6.07, 6.45) is 10.6. The number of rotatable bonds is 10. The molecule has 0 aliphatic heterocycles. The van der Waals surface area contributed by atoms with E-state index < -0.39 is 0 Å². The molecule has 0 heterocycles. The van der Waals surface area contributed by atoms with E-state index in [1.165, 1.54) is 67.1 Å². The predicted octanol–water partition coefficient (Wildman–Crippen LogP) is 6.70. The van der Waals surface area contributed by atoms with Crippen molar-refractivity contribution in [2.75, 3.05) is 5.32 Å². The highest BCUT2D eigenvalue weighted by molar-refractivity contribution is 9.10. The first-order valence-electron chi connectivity index (χ1n) is 8.20. The Morgan fingerprint density at radius 3 is 2.10 bits per heavy atom. The van der Waals surface area contributed by atoms with Crippen LogP contribution in [0.15, 0.2) is 22.7 Å². The van der Waals surface area contributed by atoms with Gasteiger partial charge in [-0.3, -0.25) is 0 Å². The van der Waals surface area contributed by atoms with Crippen molar-refractivity contribution in [3.8, 4) is 0 Å². The highest BCUT2D eigenvalue weighted by atomic mass is 79.9. The van der Waals surface area contributed by atoms with Gasteiger partial charge in [-0.2, -0.15) is 0 Å². The van der Waals surface area contributed by atoms with Gasteiger partial charge in [0.1, 0.15) is 0 Å². The largest absolute Gasteiger partial charge is 0.381 e. The van der Waals surface area contributed by atoms with E-state index in [2.05, 4.69) is 60.2 Å². The summed E-state index contributed by atoms with van der Waals surface area (Å²) in [6.45, 7) is 6.68. The van der Waals surface area contributed by atoms with Gasteiger partial charge in [0.15, 0.2) is 0 Å². The first kappa shape index (κ1) is 17.6. The van der Waals surface area contributed by atoms with Gasteiger partial charge in [0, 0.05) is 16.2 Å². The molecule has 0 radical (unpaired) electrons. The van der Waals surface area contributed by atoms with E-state index in [0.717, 1.165) is 0 Å². The third kappa shape index (κ3) is 6.78. The van der Waals surface area contributed by atoms with E-state index in [1.807, 2.05) is 0 Å². The lowest BCUT2D eigenvalue weighted by atomic mass is 10.0. The van der Waals surface area contributed by atoms with Crippen LogP contribution < -0.4 is 5.32 Å². The van der Waals surface area contributed by atoms with Gasteiger partial charge in [-0.1, -0.05) is 58.4 Å². The maximum atomic E-state index is 3.75. The quantitative estimate of drug-likeness (QED) is 0.467. The number of benzene rings is 1. The molecule has 1 N–H and O–H groups in total. The van der Waals surface area contributed by atoms with Gasteiger partial charge in [0.2, 0.25) is 0 Å². The second kappa shape index (κ2) is 10.3. The van der Waals surface area contributed by atoms with Crippen molar-refractivity contribution in [2.24, 2.45) is 0 Å². The molecule has 0 bridgehead atoms. The van der Waals surface area contributed by atoms with Crippen LogP contribution in [0.2, 0.25) is 0 Å². The van der Waals surface area contributed by atoms with Crippen LogP contribution in [0.5, 0.6) is 0 Å². The number of unbranched alkanes of at least 4 members (excludes halogenated alkanes) is 4. The lowest BCUT2D eigenvalue weighted by Gasteiger charge is -2.21. The summed E-state index contributed by atoms with van der Waals surface area (Å²) in [7, 11) is 0. The Bertz CT molecular complexity index is 366. The Morgan fingerprint density at radius 2 is 1.60 bits per heavy atom. The molecule has 0 spiro atoms. The van der Waals surface area contributed by atoms with Gasteiger partial charge in [-0.25, -0.2) is 0 Å². The summed E-state index contributed by atoms with van der Waals surface area (Å²) in [5.74, 6) is 0. The van der Waals surface area contributed by atoms with Crippen LogP contribution in [-0.4, -0.2) is 6.04 Å². The minimum atomic E-state index is 0.618. The van der Waals surface area contributed by atoms with Crippen molar-refractivity contribution in [2.45, 2.75) is 78.2 Å². The van der Waals surface area contributed by atoms with Gasteiger partial charge in [0.25, 0.3) is 0 Å². The molecular weight excluding hydrogens is 310 g/mol.